The molecule has 19 heavy (non-hydrogen) atoms. The van der Waals surface area contributed by atoms with Gasteiger partial charge in [0.05, 0.1) is 11.6 Å². The zero-order chi connectivity index (χ0) is 13.7. The second-order valence-corrected chi connectivity index (χ2v) is 5.06. The zero-order valence-corrected chi connectivity index (χ0v) is 10.9. The van der Waals surface area contributed by atoms with Gasteiger partial charge >= 0.3 is 0 Å². The molecule has 1 aromatic rings. The van der Waals surface area contributed by atoms with Crippen molar-refractivity contribution in [1.82, 2.24) is 0 Å². The van der Waals surface area contributed by atoms with Gasteiger partial charge in [-0.2, -0.15) is 5.26 Å². The van der Waals surface area contributed by atoms with Gasteiger partial charge < -0.3 is 0 Å². The number of benzene rings is 1. The van der Waals surface area contributed by atoms with Crippen LogP contribution >= 0.6 is 0 Å². The summed E-state index contributed by atoms with van der Waals surface area (Å²) < 4.78 is 0. The molecule has 1 saturated carbocycles. The Labute approximate surface area is 113 Å². The molecule has 0 aromatic heterocycles. The van der Waals surface area contributed by atoms with E-state index in [4.69, 9.17) is 5.26 Å². The molecule has 3 heteroatoms. The maximum atomic E-state index is 12.0. The summed E-state index contributed by atoms with van der Waals surface area (Å²) in [5, 5.41) is 8.70. The minimum Gasteiger partial charge on any atom is -0.299 e. The predicted octanol–water partition coefficient (Wildman–Crippen LogP) is 3.28. The van der Waals surface area contributed by atoms with Crippen molar-refractivity contribution in [3.63, 3.8) is 0 Å². The Hall–Kier alpha value is -1.95. The van der Waals surface area contributed by atoms with Crippen LogP contribution in [0.2, 0.25) is 0 Å². The maximum absolute atomic E-state index is 12.0. The minimum absolute atomic E-state index is 0.0582. The third-order valence-corrected chi connectivity index (χ3v) is 3.74. The lowest BCUT2D eigenvalue weighted by atomic mass is 9.84. The van der Waals surface area contributed by atoms with Crippen molar-refractivity contribution in [3.05, 3.63) is 35.4 Å². The predicted molar refractivity (Wildman–Crippen MR) is 71.7 cm³/mol. The van der Waals surface area contributed by atoms with E-state index >= 15 is 0 Å². The van der Waals surface area contributed by atoms with E-state index in [0.29, 0.717) is 36.2 Å². The van der Waals surface area contributed by atoms with Crippen molar-refractivity contribution in [2.75, 3.05) is 0 Å². The van der Waals surface area contributed by atoms with Crippen molar-refractivity contribution in [1.29, 1.82) is 5.26 Å². The van der Waals surface area contributed by atoms with E-state index < -0.39 is 0 Å². The second-order valence-electron chi connectivity index (χ2n) is 5.06. The molecule has 0 saturated heterocycles. The van der Waals surface area contributed by atoms with Crippen LogP contribution in [0.4, 0.5) is 0 Å². The first kappa shape index (κ1) is 13.5. The first-order valence-electron chi connectivity index (χ1n) is 6.77. The Morgan fingerprint density at radius 1 is 1.26 bits per heavy atom. The Bertz CT molecular complexity index is 511. The summed E-state index contributed by atoms with van der Waals surface area (Å²) >= 11 is 0. The Balaban J connectivity index is 1.90. The van der Waals surface area contributed by atoms with Gasteiger partial charge in [-0.05, 0) is 31.4 Å². The van der Waals surface area contributed by atoms with Crippen molar-refractivity contribution in [3.8, 4) is 6.07 Å². The first-order valence-corrected chi connectivity index (χ1v) is 6.77. The number of nitrogens with zero attached hydrogens (tertiary/aromatic N) is 1. The van der Waals surface area contributed by atoms with Gasteiger partial charge in [-0.25, -0.2) is 0 Å². The molecule has 0 heterocycles. The van der Waals surface area contributed by atoms with E-state index in [9.17, 15) is 9.59 Å². The number of hydrogen-bond donors (Lipinski definition) is 0. The molecule has 0 radical (unpaired) electrons. The van der Waals surface area contributed by atoms with Gasteiger partial charge in [0.15, 0.2) is 5.78 Å². The number of rotatable bonds is 4. The van der Waals surface area contributed by atoms with E-state index in [1.165, 1.54) is 0 Å². The summed E-state index contributed by atoms with van der Waals surface area (Å²) in [6, 6.07) is 8.70. The van der Waals surface area contributed by atoms with Gasteiger partial charge in [0.1, 0.15) is 5.78 Å². The van der Waals surface area contributed by atoms with Crippen LogP contribution in [-0.4, -0.2) is 11.6 Å². The van der Waals surface area contributed by atoms with Gasteiger partial charge in [-0.3, -0.25) is 9.59 Å². The van der Waals surface area contributed by atoms with Gasteiger partial charge in [-0.15, -0.1) is 0 Å². The molecule has 0 spiro atoms. The highest BCUT2D eigenvalue weighted by atomic mass is 16.1. The molecule has 98 valence electrons. The van der Waals surface area contributed by atoms with Crippen LogP contribution in [0.1, 0.15) is 54.4 Å². The molecule has 1 aromatic carbocycles. The van der Waals surface area contributed by atoms with E-state index in [-0.39, 0.29) is 11.7 Å². The van der Waals surface area contributed by atoms with E-state index in [1.54, 1.807) is 24.3 Å². The highest BCUT2D eigenvalue weighted by Gasteiger charge is 2.22. The maximum Gasteiger partial charge on any atom is 0.162 e. The summed E-state index contributed by atoms with van der Waals surface area (Å²) in [5.41, 5.74) is 1.18. The Kier molecular flexibility index (Phi) is 4.46. The Morgan fingerprint density at radius 2 is 2.00 bits per heavy atom. The molecule has 0 aliphatic heterocycles. The van der Waals surface area contributed by atoms with E-state index in [0.717, 1.165) is 19.3 Å². The zero-order valence-electron chi connectivity index (χ0n) is 10.9. The fourth-order valence-electron chi connectivity index (χ4n) is 2.54. The van der Waals surface area contributed by atoms with E-state index in [1.807, 2.05) is 6.07 Å². The molecule has 1 aliphatic rings. The van der Waals surface area contributed by atoms with E-state index in [2.05, 4.69) is 0 Å². The van der Waals surface area contributed by atoms with Crippen LogP contribution in [0.3, 0.4) is 0 Å². The fourth-order valence-corrected chi connectivity index (χ4v) is 2.54. The van der Waals surface area contributed by atoms with Crippen molar-refractivity contribution < 1.29 is 9.59 Å². The number of nitriles is 1. The lowest BCUT2D eigenvalue weighted by molar-refractivity contribution is -0.124. The number of hydrogen-bond acceptors (Lipinski definition) is 3. The molecule has 0 amide bonds. The molecule has 1 atom stereocenters. The molecule has 1 aliphatic carbocycles. The van der Waals surface area contributed by atoms with Crippen LogP contribution in [0.25, 0.3) is 0 Å². The highest BCUT2D eigenvalue weighted by molar-refractivity contribution is 5.96. The number of carbonyl (C=O) groups excluding carboxylic acids is 2. The monoisotopic (exact) mass is 255 g/mol. The summed E-state index contributed by atoms with van der Waals surface area (Å²) in [4.78, 5) is 23.7. The lowest BCUT2D eigenvalue weighted by Crippen LogP contribution is -2.19. The normalized spacial score (nSPS) is 18.9. The van der Waals surface area contributed by atoms with Crippen molar-refractivity contribution in [2.24, 2.45) is 5.92 Å². The lowest BCUT2D eigenvalue weighted by Gasteiger charge is -2.19. The molecule has 0 bridgehead atoms. The van der Waals surface area contributed by atoms with Crippen molar-refractivity contribution in [2.45, 2.75) is 38.5 Å². The van der Waals surface area contributed by atoms with Crippen LogP contribution in [-0.2, 0) is 4.79 Å². The van der Waals surface area contributed by atoms with Gasteiger partial charge in [0.25, 0.3) is 0 Å². The molecule has 1 unspecified atom stereocenters. The topological polar surface area (TPSA) is 57.9 Å². The molecule has 2 rings (SSSR count). The molecule has 1 fully saturated rings. The quantitative estimate of drug-likeness (QED) is 0.776. The summed E-state index contributed by atoms with van der Waals surface area (Å²) in [6.45, 7) is 0. The van der Waals surface area contributed by atoms with Gasteiger partial charge in [-0.1, -0.05) is 18.6 Å². The molecule has 3 nitrogen and oxygen atoms in total. The first-order chi connectivity index (χ1) is 9.20. The van der Waals surface area contributed by atoms with Crippen LogP contribution in [0, 0.1) is 17.2 Å². The standard InChI is InChI=1S/C16H17NO2/c17-11-12-5-7-14(8-6-12)16(19)10-9-13-3-1-2-4-15(13)18/h5-8,13H,1-4,9-10H2. The summed E-state index contributed by atoms with van der Waals surface area (Å²) in [5.74, 6) is 0.456. The smallest absolute Gasteiger partial charge is 0.162 e. The SMILES string of the molecule is N#Cc1ccc(C(=O)CCC2CCCCC2=O)cc1. The average Bonchev–Trinajstić information content (AvgIpc) is 2.46. The number of Topliss-reactive ketones (excluding diaryl/α,β-unsaturated/α-hetero) is 2. The fraction of sp³-hybridized carbons (Fsp3) is 0.438. The summed E-state index contributed by atoms with van der Waals surface area (Å²) in [7, 11) is 0. The highest BCUT2D eigenvalue weighted by Crippen LogP contribution is 2.25. The largest absolute Gasteiger partial charge is 0.299 e. The second kappa shape index (κ2) is 6.29. The van der Waals surface area contributed by atoms with Crippen LogP contribution in [0.15, 0.2) is 24.3 Å². The van der Waals surface area contributed by atoms with Crippen LogP contribution < -0.4 is 0 Å². The van der Waals surface area contributed by atoms with Crippen LogP contribution in [0.5, 0.6) is 0 Å². The number of ketones is 2. The minimum atomic E-state index is 0.0582. The third-order valence-electron chi connectivity index (χ3n) is 3.74. The Morgan fingerprint density at radius 3 is 2.63 bits per heavy atom. The third kappa shape index (κ3) is 3.51. The number of carbonyl (C=O) groups is 2. The average molecular weight is 255 g/mol. The molecular formula is C16H17NO2. The molecule has 0 N–H and O–H groups in total. The summed E-state index contributed by atoms with van der Waals surface area (Å²) in [6.07, 6.45) is 4.79. The van der Waals surface area contributed by atoms with Crippen molar-refractivity contribution >= 4 is 11.6 Å². The van der Waals surface area contributed by atoms with Gasteiger partial charge in [0.2, 0.25) is 0 Å². The van der Waals surface area contributed by atoms with Gasteiger partial charge in [0, 0.05) is 24.3 Å². The molecular weight excluding hydrogens is 238 g/mol.